The zero-order valence-electron chi connectivity index (χ0n) is 27.1. The maximum absolute atomic E-state index is 11.1. The number of carbonyl (C=O) groups excluding carboxylic acids is 1. The minimum Gasteiger partial charge on any atom is -0.391 e. The topological polar surface area (TPSA) is 130 Å². The number of aliphatic hydroxyl groups excluding tert-OH is 2. The van der Waals surface area contributed by atoms with Gasteiger partial charge in [0.1, 0.15) is 12.0 Å². The summed E-state index contributed by atoms with van der Waals surface area (Å²) >= 11 is 0. The number of aromatic nitrogens is 1. The number of hydrazine groups is 1. The van der Waals surface area contributed by atoms with E-state index in [1.807, 2.05) is 56.2 Å². The summed E-state index contributed by atoms with van der Waals surface area (Å²) in [6.07, 6.45) is 7.43. The van der Waals surface area contributed by atoms with Gasteiger partial charge in [-0.25, -0.2) is 10.4 Å². The zero-order valence-corrected chi connectivity index (χ0v) is 27.1. The fourth-order valence-electron chi connectivity index (χ4n) is 4.90. The van der Waals surface area contributed by atoms with Crippen LogP contribution in [0.25, 0.3) is 0 Å². The van der Waals surface area contributed by atoms with Crippen LogP contribution in [-0.2, 0) is 11.4 Å². The van der Waals surface area contributed by atoms with Gasteiger partial charge in [0.25, 0.3) is 0 Å². The van der Waals surface area contributed by atoms with Crippen molar-refractivity contribution >= 4 is 17.4 Å². The van der Waals surface area contributed by atoms with Crippen molar-refractivity contribution in [2.24, 2.45) is 0 Å². The molecular formula is C33H55N7O3. The van der Waals surface area contributed by atoms with Gasteiger partial charge in [-0.2, -0.15) is 0 Å². The number of nitrogens with one attached hydrogen (secondary N) is 2. The number of aliphatic hydroxyl groups is 2. The summed E-state index contributed by atoms with van der Waals surface area (Å²) in [6, 6.07) is 12.4. The van der Waals surface area contributed by atoms with E-state index >= 15 is 0 Å². The number of nitrogen functional groups attached to an aromatic ring is 1. The first-order valence-corrected chi connectivity index (χ1v) is 15.3. The molecule has 10 nitrogen and oxygen atoms in total. The van der Waals surface area contributed by atoms with E-state index in [4.69, 9.17) is 5.73 Å². The molecule has 0 bridgehead atoms. The van der Waals surface area contributed by atoms with Crippen LogP contribution < -0.4 is 21.4 Å². The average molecular weight is 598 g/mol. The smallest absolute Gasteiger partial charge is 0.243 e. The minimum absolute atomic E-state index is 0.103. The highest BCUT2D eigenvalue weighted by Crippen LogP contribution is 2.28. The van der Waals surface area contributed by atoms with E-state index in [9.17, 15) is 15.0 Å². The minimum atomic E-state index is -0.615. The summed E-state index contributed by atoms with van der Waals surface area (Å²) in [5.41, 5.74) is 13.1. The number of benzene rings is 1. The maximum Gasteiger partial charge on any atom is 0.243 e. The third-order valence-corrected chi connectivity index (χ3v) is 7.13. The van der Waals surface area contributed by atoms with Gasteiger partial charge in [-0.1, -0.05) is 57.7 Å². The number of pyridine rings is 1. The molecule has 0 saturated carbocycles. The SMILES string of the molecule is C=CC(=O)NCC(O)N1CCC(c2ccccc2)CC1.CC.CCCN(C/C(C)=C/N(C)NC)c1ccnc(N)c1CO. The summed E-state index contributed by atoms with van der Waals surface area (Å²) in [6.45, 7) is 15.1. The number of hydrogen-bond acceptors (Lipinski definition) is 9. The van der Waals surface area contributed by atoms with E-state index in [0.29, 0.717) is 17.3 Å². The van der Waals surface area contributed by atoms with Crippen molar-refractivity contribution in [3.8, 4) is 0 Å². The van der Waals surface area contributed by atoms with Crippen molar-refractivity contribution in [2.45, 2.75) is 65.7 Å². The molecule has 240 valence electrons. The molecule has 2 heterocycles. The molecule has 2 aromatic rings. The van der Waals surface area contributed by atoms with Crippen LogP contribution in [-0.4, -0.2) is 84.1 Å². The number of nitrogens with zero attached hydrogens (tertiary/aromatic N) is 4. The number of piperidine rings is 1. The second kappa shape index (κ2) is 21.3. The van der Waals surface area contributed by atoms with Gasteiger partial charge in [0.15, 0.2) is 0 Å². The summed E-state index contributed by atoms with van der Waals surface area (Å²) in [7, 11) is 3.83. The summed E-state index contributed by atoms with van der Waals surface area (Å²) in [4.78, 5) is 19.4. The van der Waals surface area contributed by atoms with Crippen molar-refractivity contribution in [2.75, 3.05) is 57.5 Å². The van der Waals surface area contributed by atoms with E-state index in [0.717, 1.165) is 51.1 Å². The fraction of sp³-hybridized carbons (Fsp3) is 0.515. The Morgan fingerprint density at radius 1 is 1.23 bits per heavy atom. The quantitative estimate of drug-likeness (QED) is 0.173. The lowest BCUT2D eigenvalue weighted by Crippen LogP contribution is -2.46. The molecule has 1 saturated heterocycles. The van der Waals surface area contributed by atoms with Crippen molar-refractivity contribution in [1.29, 1.82) is 0 Å². The van der Waals surface area contributed by atoms with Crippen LogP contribution >= 0.6 is 0 Å². The molecule has 1 aromatic heterocycles. The number of anilines is 2. The van der Waals surface area contributed by atoms with Gasteiger partial charge in [0.2, 0.25) is 5.91 Å². The monoisotopic (exact) mass is 597 g/mol. The van der Waals surface area contributed by atoms with Crippen LogP contribution in [0.2, 0.25) is 0 Å². The Kier molecular flexibility index (Phi) is 18.6. The summed E-state index contributed by atoms with van der Waals surface area (Å²) in [5.74, 6) is 0.718. The molecule has 1 aliphatic rings. The Morgan fingerprint density at radius 3 is 2.44 bits per heavy atom. The van der Waals surface area contributed by atoms with E-state index in [1.54, 1.807) is 6.20 Å². The molecule has 0 aliphatic carbocycles. The van der Waals surface area contributed by atoms with Crippen molar-refractivity contribution in [3.05, 3.63) is 78.1 Å². The highest BCUT2D eigenvalue weighted by molar-refractivity contribution is 5.86. The molecule has 10 heteroatoms. The molecule has 1 atom stereocenters. The summed E-state index contributed by atoms with van der Waals surface area (Å²) < 4.78 is 0. The van der Waals surface area contributed by atoms with Crippen LogP contribution in [0.3, 0.4) is 0 Å². The molecule has 0 spiro atoms. The lowest BCUT2D eigenvalue weighted by atomic mass is 9.89. The number of nitrogens with two attached hydrogens (primary N) is 1. The Labute approximate surface area is 259 Å². The first kappa shape index (κ1) is 37.6. The van der Waals surface area contributed by atoms with E-state index < -0.39 is 6.23 Å². The number of carbonyl (C=O) groups is 1. The van der Waals surface area contributed by atoms with Gasteiger partial charge < -0.3 is 31.2 Å². The van der Waals surface area contributed by atoms with Crippen LogP contribution in [0.4, 0.5) is 11.5 Å². The van der Waals surface area contributed by atoms with Crippen LogP contribution in [0.5, 0.6) is 0 Å². The number of amides is 1. The Balaban J connectivity index is 0.000000407. The van der Waals surface area contributed by atoms with Crippen molar-refractivity contribution < 1.29 is 15.0 Å². The fourth-order valence-corrected chi connectivity index (χ4v) is 4.90. The lowest BCUT2D eigenvalue weighted by Gasteiger charge is -2.35. The molecule has 1 aromatic carbocycles. The Morgan fingerprint density at radius 2 is 1.88 bits per heavy atom. The van der Waals surface area contributed by atoms with Crippen LogP contribution in [0.15, 0.2) is 67.0 Å². The highest BCUT2D eigenvalue weighted by atomic mass is 16.3. The second-order valence-corrected chi connectivity index (χ2v) is 10.2. The molecule has 0 radical (unpaired) electrons. The maximum atomic E-state index is 11.1. The first-order valence-electron chi connectivity index (χ1n) is 15.3. The largest absolute Gasteiger partial charge is 0.391 e. The van der Waals surface area contributed by atoms with E-state index in [1.165, 1.54) is 17.2 Å². The molecular weight excluding hydrogens is 542 g/mol. The van der Waals surface area contributed by atoms with Crippen molar-refractivity contribution in [1.82, 2.24) is 25.6 Å². The standard InChI is InChI=1S/C16H22N2O2.C15H27N5O.C2H6/c1-2-15(19)17-12-16(20)18-10-8-14(9-11-18)13-6-4-3-5-7-13;1-5-8-20(10-12(2)9-19(4)17-3)14-6-7-18-15(16)13(14)11-21;1-2/h2-7,14,16,20H,1,8-12H2,(H,17,19);6-7,9,17,21H,5,8,10-11H2,1-4H3,(H2,16,18);1-2H3/b;12-9+;. The molecule has 1 fully saturated rings. The zero-order chi connectivity index (χ0) is 32.2. The highest BCUT2D eigenvalue weighted by Gasteiger charge is 2.24. The lowest BCUT2D eigenvalue weighted by molar-refractivity contribution is -0.117. The average Bonchev–Trinajstić information content (AvgIpc) is 3.04. The van der Waals surface area contributed by atoms with Crippen molar-refractivity contribution in [3.63, 3.8) is 0 Å². The molecule has 6 N–H and O–H groups in total. The summed E-state index contributed by atoms with van der Waals surface area (Å²) in [5, 5.41) is 24.1. The van der Waals surface area contributed by atoms with Gasteiger partial charge in [-0.05, 0) is 55.4 Å². The number of rotatable bonds is 13. The Bertz CT molecular complexity index is 1090. The molecule has 1 unspecified atom stereocenters. The van der Waals surface area contributed by atoms with Gasteiger partial charge in [-0.3, -0.25) is 9.69 Å². The molecule has 1 aliphatic heterocycles. The predicted molar refractivity (Wildman–Crippen MR) is 178 cm³/mol. The van der Waals surface area contributed by atoms with Crippen LogP contribution in [0.1, 0.15) is 64.0 Å². The van der Waals surface area contributed by atoms with E-state index in [-0.39, 0.29) is 19.1 Å². The third-order valence-electron chi connectivity index (χ3n) is 7.13. The van der Waals surface area contributed by atoms with Gasteiger partial charge in [-0.15, -0.1) is 0 Å². The van der Waals surface area contributed by atoms with E-state index in [2.05, 4.69) is 65.3 Å². The third kappa shape index (κ3) is 13.2. The number of likely N-dealkylation sites (tertiary alicyclic amines) is 1. The number of hydrogen-bond donors (Lipinski definition) is 5. The normalized spacial score (nSPS) is 14.4. The van der Waals surface area contributed by atoms with Gasteiger partial charge >= 0.3 is 0 Å². The molecule has 43 heavy (non-hydrogen) atoms. The predicted octanol–water partition coefficient (Wildman–Crippen LogP) is 3.86. The van der Waals surface area contributed by atoms with Crippen LogP contribution in [0, 0.1) is 0 Å². The second-order valence-electron chi connectivity index (χ2n) is 10.2. The first-order chi connectivity index (χ1) is 20.7. The Hall–Kier alpha value is -3.44. The molecule has 3 rings (SSSR count). The van der Waals surface area contributed by atoms with Gasteiger partial charge in [0, 0.05) is 63.9 Å². The molecule has 1 amide bonds. The van der Waals surface area contributed by atoms with Gasteiger partial charge in [0.05, 0.1) is 13.2 Å².